The van der Waals surface area contributed by atoms with E-state index in [9.17, 15) is 19.8 Å². The molecule has 1 aromatic rings. The third kappa shape index (κ3) is 3.41. The van der Waals surface area contributed by atoms with Crippen LogP contribution in [0.25, 0.3) is 0 Å². The molecule has 3 fully saturated rings. The number of benzene rings is 1. The van der Waals surface area contributed by atoms with Crippen molar-refractivity contribution in [1.82, 2.24) is 5.32 Å². The Kier molecular flexibility index (Phi) is 5.58. The average molecular weight is 468 g/mol. The van der Waals surface area contributed by atoms with Crippen LogP contribution in [0.5, 0.6) is 0 Å². The summed E-state index contributed by atoms with van der Waals surface area (Å²) >= 11 is 0. The second-order valence-electron chi connectivity index (χ2n) is 11.7. The van der Waals surface area contributed by atoms with E-state index in [-0.39, 0.29) is 53.6 Å². The lowest BCUT2D eigenvalue weighted by Gasteiger charge is -2.46. The predicted octanol–water partition coefficient (Wildman–Crippen LogP) is 2.81. The van der Waals surface area contributed by atoms with Crippen LogP contribution in [0.2, 0.25) is 0 Å². The molecular weight excluding hydrogens is 430 g/mol. The summed E-state index contributed by atoms with van der Waals surface area (Å²) in [5.74, 6) is -1.12. The molecule has 5 rings (SSSR count). The molecule has 0 aromatic heterocycles. The number of ketones is 1. The topological polar surface area (TPSA) is 99.2 Å². The molecule has 10 atom stereocenters. The van der Waals surface area contributed by atoms with Gasteiger partial charge in [0, 0.05) is 24.3 Å². The number of aliphatic hydroxyl groups excluding tert-OH is 1. The van der Waals surface area contributed by atoms with Crippen molar-refractivity contribution >= 4 is 11.7 Å². The first kappa shape index (κ1) is 23.7. The number of amides is 1. The van der Waals surface area contributed by atoms with E-state index in [4.69, 9.17) is 4.74 Å². The van der Waals surface area contributed by atoms with Crippen LogP contribution in [0.4, 0.5) is 0 Å². The largest absolute Gasteiger partial charge is 0.390 e. The maximum absolute atomic E-state index is 14.2. The molecule has 6 heteroatoms. The van der Waals surface area contributed by atoms with Gasteiger partial charge >= 0.3 is 0 Å². The number of allylic oxidation sites excluding steroid dienone is 1. The second kappa shape index (κ2) is 8.00. The number of nitrogens with one attached hydrogen (secondary N) is 1. The first-order valence-electron chi connectivity index (χ1n) is 12.6. The summed E-state index contributed by atoms with van der Waals surface area (Å²) in [7, 11) is 0. The molecular formula is C28H37NO5. The Balaban J connectivity index is 1.62. The Bertz CT molecular complexity index is 1010. The lowest BCUT2D eigenvalue weighted by atomic mass is 9.51. The van der Waals surface area contributed by atoms with Crippen LogP contribution in [-0.4, -0.2) is 51.4 Å². The van der Waals surface area contributed by atoms with Gasteiger partial charge in [-0.05, 0) is 50.5 Å². The number of epoxide rings is 1. The fourth-order valence-electron chi connectivity index (χ4n) is 7.34. The maximum Gasteiger partial charge on any atom is 0.235 e. The Morgan fingerprint density at radius 3 is 2.56 bits per heavy atom. The van der Waals surface area contributed by atoms with Crippen LogP contribution >= 0.6 is 0 Å². The van der Waals surface area contributed by atoms with Gasteiger partial charge in [-0.3, -0.25) is 9.59 Å². The van der Waals surface area contributed by atoms with E-state index in [0.717, 1.165) is 5.56 Å². The van der Waals surface area contributed by atoms with Crippen molar-refractivity contribution in [2.24, 2.45) is 29.1 Å². The van der Waals surface area contributed by atoms with Gasteiger partial charge in [-0.2, -0.15) is 0 Å². The Labute approximate surface area is 201 Å². The zero-order chi connectivity index (χ0) is 24.5. The fourth-order valence-corrected chi connectivity index (χ4v) is 7.34. The van der Waals surface area contributed by atoms with Crippen LogP contribution in [-0.2, 0) is 20.7 Å². The standard InChI is InChI=1S/C28H37NO5/c1-16-9-8-12-19-24-27(4,34-24)17(2)23-20(13-18-10-6-5-7-11-18)29-25(32)28(19,23)22(31)14-21(30)26(3,33)15-16/h5-8,10-12,16-17,19-21,23-24,30,33H,9,13-15H2,1-4H3,(H,29,32)/b12-8+/t16?,17-,19-,20-,21+,23-,24-,26-,27+,28-/m0/s1. The van der Waals surface area contributed by atoms with E-state index in [2.05, 4.69) is 19.2 Å². The van der Waals surface area contributed by atoms with E-state index in [1.165, 1.54) is 0 Å². The minimum Gasteiger partial charge on any atom is -0.390 e. The van der Waals surface area contributed by atoms with Crippen molar-refractivity contribution in [1.29, 1.82) is 0 Å². The number of hydrogen-bond acceptors (Lipinski definition) is 5. The zero-order valence-electron chi connectivity index (χ0n) is 20.5. The number of hydrogen-bond donors (Lipinski definition) is 3. The van der Waals surface area contributed by atoms with Crippen LogP contribution in [0.3, 0.4) is 0 Å². The molecule has 184 valence electrons. The number of carbonyl (C=O) groups is 2. The molecule has 3 N–H and O–H groups in total. The van der Waals surface area contributed by atoms with Gasteiger partial charge in [0.1, 0.15) is 5.41 Å². The highest BCUT2D eigenvalue weighted by atomic mass is 16.6. The number of aliphatic hydroxyl groups is 2. The smallest absolute Gasteiger partial charge is 0.235 e. The first-order chi connectivity index (χ1) is 16.0. The second-order valence-corrected chi connectivity index (χ2v) is 11.7. The predicted molar refractivity (Wildman–Crippen MR) is 128 cm³/mol. The first-order valence-corrected chi connectivity index (χ1v) is 12.6. The van der Waals surface area contributed by atoms with Crippen molar-refractivity contribution in [3.8, 4) is 0 Å². The molecule has 0 bridgehead atoms. The Hall–Kier alpha value is -2.02. The number of ether oxygens (including phenoxy) is 1. The quantitative estimate of drug-likeness (QED) is 0.353. The van der Waals surface area contributed by atoms with E-state index in [1.54, 1.807) is 6.92 Å². The molecule has 2 saturated heterocycles. The lowest BCUT2D eigenvalue weighted by Crippen LogP contribution is -2.59. The van der Waals surface area contributed by atoms with Crippen molar-refractivity contribution < 1.29 is 24.5 Å². The van der Waals surface area contributed by atoms with Crippen molar-refractivity contribution in [2.75, 3.05) is 0 Å². The van der Waals surface area contributed by atoms with Crippen molar-refractivity contribution in [2.45, 2.75) is 82.8 Å². The normalized spacial score (nSPS) is 49.2. The molecule has 1 saturated carbocycles. The van der Waals surface area contributed by atoms with Crippen LogP contribution < -0.4 is 5.32 Å². The monoisotopic (exact) mass is 467 g/mol. The van der Waals surface area contributed by atoms with Crippen LogP contribution in [0.1, 0.15) is 52.5 Å². The molecule has 2 heterocycles. The number of Topliss-reactive ketones (excluding diaryl/α,β-unsaturated/α-hetero) is 1. The molecule has 6 nitrogen and oxygen atoms in total. The molecule has 1 aromatic carbocycles. The third-order valence-electron chi connectivity index (χ3n) is 9.33. The third-order valence-corrected chi connectivity index (χ3v) is 9.33. The summed E-state index contributed by atoms with van der Waals surface area (Å²) in [6.45, 7) is 7.81. The molecule has 34 heavy (non-hydrogen) atoms. The van der Waals surface area contributed by atoms with Gasteiger partial charge in [0.15, 0.2) is 5.78 Å². The molecule has 1 spiro atoms. The van der Waals surface area contributed by atoms with Gasteiger partial charge in [0.2, 0.25) is 5.91 Å². The molecule has 1 unspecified atom stereocenters. The highest BCUT2D eigenvalue weighted by Gasteiger charge is 2.78. The van der Waals surface area contributed by atoms with E-state index >= 15 is 0 Å². The lowest BCUT2D eigenvalue weighted by molar-refractivity contribution is -0.153. The van der Waals surface area contributed by atoms with Crippen molar-refractivity contribution in [3.63, 3.8) is 0 Å². The van der Waals surface area contributed by atoms with Crippen molar-refractivity contribution in [3.05, 3.63) is 48.0 Å². The van der Waals surface area contributed by atoms with Gasteiger partial charge in [-0.1, -0.05) is 56.3 Å². The summed E-state index contributed by atoms with van der Waals surface area (Å²) < 4.78 is 6.27. The summed E-state index contributed by atoms with van der Waals surface area (Å²) in [4.78, 5) is 28.1. The Morgan fingerprint density at radius 2 is 1.85 bits per heavy atom. The minimum absolute atomic E-state index is 0.0273. The van der Waals surface area contributed by atoms with Gasteiger partial charge < -0.3 is 20.3 Å². The van der Waals surface area contributed by atoms with Gasteiger partial charge in [-0.25, -0.2) is 0 Å². The SMILES string of the molecule is CC1C/C=C/[C@H]2[C@@H]3O[C@]3(C)[C@@H](C)[C@H]3[C@H](Cc4ccccc4)NC(=O)[C@@]32C(=O)C[C@@H](O)[C@@](C)(O)C1. The minimum atomic E-state index is -1.40. The summed E-state index contributed by atoms with van der Waals surface area (Å²) in [5, 5.41) is 25.2. The Morgan fingerprint density at radius 1 is 1.15 bits per heavy atom. The summed E-state index contributed by atoms with van der Waals surface area (Å²) in [6.07, 6.45) is 4.08. The summed E-state index contributed by atoms with van der Waals surface area (Å²) in [5.41, 5.74) is -2.01. The highest BCUT2D eigenvalue weighted by Crippen LogP contribution is 2.66. The zero-order valence-corrected chi connectivity index (χ0v) is 20.5. The van der Waals surface area contributed by atoms with Gasteiger partial charge in [0.05, 0.1) is 23.4 Å². The highest BCUT2D eigenvalue weighted by molar-refractivity contribution is 6.09. The average Bonchev–Trinajstić information content (AvgIpc) is 3.38. The summed E-state index contributed by atoms with van der Waals surface area (Å²) in [6, 6.07) is 9.80. The fraction of sp³-hybridized carbons (Fsp3) is 0.643. The maximum atomic E-state index is 14.2. The van der Waals surface area contributed by atoms with Crippen LogP contribution in [0.15, 0.2) is 42.5 Å². The molecule has 2 aliphatic heterocycles. The number of carbonyl (C=O) groups excluding carboxylic acids is 2. The van der Waals surface area contributed by atoms with E-state index < -0.39 is 23.0 Å². The van der Waals surface area contributed by atoms with Crippen LogP contribution in [0, 0.1) is 29.1 Å². The molecule has 4 aliphatic rings. The van der Waals surface area contributed by atoms with Gasteiger partial charge in [-0.15, -0.1) is 0 Å². The van der Waals surface area contributed by atoms with E-state index in [0.29, 0.717) is 19.3 Å². The number of rotatable bonds is 2. The molecule has 1 amide bonds. The molecule has 2 aliphatic carbocycles. The molecule has 0 radical (unpaired) electrons. The van der Waals surface area contributed by atoms with Gasteiger partial charge in [0.25, 0.3) is 0 Å². The number of fused-ring (bicyclic) bond motifs is 2. The van der Waals surface area contributed by atoms with E-state index in [1.807, 2.05) is 49.4 Å².